The third kappa shape index (κ3) is 4.38. The lowest BCUT2D eigenvalue weighted by Gasteiger charge is -2.24. The van der Waals surface area contributed by atoms with Gasteiger partial charge in [-0.05, 0) is 32.3 Å². The number of carbonyl (C=O) groups is 2. The minimum absolute atomic E-state index is 0.0679. The first-order chi connectivity index (χ1) is 10.4. The number of fused-ring (bicyclic) bond motifs is 1. The maximum absolute atomic E-state index is 12.6. The van der Waals surface area contributed by atoms with E-state index in [9.17, 15) is 9.59 Å². The fraction of sp³-hybridized carbons (Fsp3) is 0.467. The topological polar surface area (TPSA) is 49.9 Å². The van der Waals surface area contributed by atoms with E-state index in [-0.39, 0.29) is 18.3 Å². The van der Waals surface area contributed by atoms with E-state index >= 15 is 0 Å². The van der Waals surface area contributed by atoms with Crippen molar-refractivity contribution in [1.29, 1.82) is 0 Å². The number of ether oxygens (including phenoxy) is 1. The maximum Gasteiger partial charge on any atom is 0.303 e. The molecule has 1 aromatic carbocycles. The zero-order chi connectivity index (χ0) is 16.3. The van der Waals surface area contributed by atoms with Gasteiger partial charge in [0.25, 0.3) is 0 Å². The van der Waals surface area contributed by atoms with Crippen LogP contribution in [-0.2, 0) is 14.3 Å². The van der Waals surface area contributed by atoms with Crippen molar-refractivity contribution >= 4 is 40.9 Å². The second-order valence-corrected chi connectivity index (χ2v) is 6.96. The van der Waals surface area contributed by atoms with E-state index in [1.807, 2.05) is 25.1 Å². The van der Waals surface area contributed by atoms with Gasteiger partial charge in [0.15, 0.2) is 5.44 Å². The van der Waals surface area contributed by atoms with E-state index in [0.29, 0.717) is 11.6 Å². The Bertz CT molecular complexity index is 580. The fourth-order valence-electron chi connectivity index (χ4n) is 2.17. The van der Waals surface area contributed by atoms with Crippen LogP contribution in [0.1, 0.15) is 13.3 Å². The van der Waals surface area contributed by atoms with E-state index in [4.69, 9.17) is 16.3 Å². The van der Waals surface area contributed by atoms with Crippen molar-refractivity contribution in [2.24, 2.45) is 0 Å². The lowest BCUT2D eigenvalue weighted by molar-refractivity contribution is -0.143. The lowest BCUT2D eigenvalue weighted by Crippen LogP contribution is -2.37. The maximum atomic E-state index is 12.6. The smallest absolute Gasteiger partial charge is 0.303 e. The van der Waals surface area contributed by atoms with Crippen molar-refractivity contribution < 1.29 is 14.3 Å². The van der Waals surface area contributed by atoms with Gasteiger partial charge in [0.2, 0.25) is 5.91 Å². The Morgan fingerprint density at radius 3 is 2.86 bits per heavy atom. The highest BCUT2D eigenvalue weighted by Gasteiger charge is 2.30. The number of anilines is 1. The summed E-state index contributed by atoms with van der Waals surface area (Å²) in [6, 6.07) is 5.42. The van der Waals surface area contributed by atoms with Crippen molar-refractivity contribution in [1.82, 2.24) is 4.90 Å². The molecule has 1 aliphatic heterocycles. The second-order valence-electron chi connectivity index (χ2n) is 5.32. The SMILES string of the molecule is CC(=O)OC1CC(=O)N(CCN(C)C)c2cc(Cl)ccc2S1. The van der Waals surface area contributed by atoms with Crippen LogP contribution >= 0.6 is 23.4 Å². The highest BCUT2D eigenvalue weighted by atomic mass is 35.5. The van der Waals surface area contributed by atoms with E-state index in [1.165, 1.54) is 18.7 Å². The Balaban J connectivity index is 2.33. The number of rotatable bonds is 4. The number of carbonyl (C=O) groups excluding carboxylic acids is 2. The number of thioether (sulfide) groups is 1. The first kappa shape index (κ1) is 17.1. The molecule has 0 spiro atoms. The third-order valence-corrected chi connectivity index (χ3v) is 4.54. The molecule has 0 radical (unpaired) electrons. The Morgan fingerprint density at radius 1 is 1.50 bits per heavy atom. The molecule has 1 aliphatic rings. The van der Waals surface area contributed by atoms with Gasteiger partial charge in [0, 0.05) is 29.9 Å². The standard InChI is InChI=1S/C15H19ClN2O3S/c1-10(19)21-15-9-14(20)18(7-6-17(2)3)12-8-11(16)4-5-13(12)22-15/h4-5,8,15H,6-7,9H2,1-3H3. The quantitative estimate of drug-likeness (QED) is 0.787. The molecule has 7 heteroatoms. The summed E-state index contributed by atoms with van der Waals surface area (Å²) in [7, 11) is 3.91. The molecule has 0 saturated carbocycles. The van der Waals surface area contributed by atoms with Crippen molar-refractivity contribution in [2.45, 2.75) is 23.7 Å². The number of hydrogen-bond acceptors (Lipinski definition) is 5. The molecule has 22 heavy (non-hydrogen) atoms. The number of halogens is 1. The summed E-state index contributed by atoms with van der Waals surface area (Å²) in [5.74, 6) is -0.454. The van der Waals surface area contributed by atoms with Crippen molar-refractivity contribution in [3.8, 4) is 0 Å². The van der Waals surface area contributed by atoms with Crippen LogP contribution in [0, 0.1) is 0 Å². The zero-order valence-electron chi connectivity index (χ0n) is 12.8. The molecule has 1 atom stereocenters. The summed E-state index contributed by atoms with van der Waals surface area (Å²) in [5.41, 5.74) is 0.272. The number of amides is 1. The van der Waals surface area contributed by atoms with Crippen LogP contribution in [0.3, 0.4) is 0 Å². The first-order valence-electron chi connectivity index (χ1n) is 6.95. The molecule has 0 fully saturated rings. The predicted molar refractivity (Wildman–Crippen MR) is 88.4 cm³/mol. The van der Waals surface area contributed by atoms with E-state index in [2.05, 4.69) is 0 Å². The summed E-state index contributed by atoms with van der Waals surface area (Å²) >= 11 is 7.46. The molecular weight excluding hydrogens is 324 g/mol. The molecule has 1 amide bonds. The highest BCUT2D eigenvalue weighted by molar-refractivity contribution is 8.00. The van der Waals surface area contributed by atoms with E-state index in [0.717, 1.165) is 17.1 Å². The molecular formula is C15H19ClN2O3S. The summed E-state index contributed by atoms with van der Waals surface area (Å²) in [5, 5.41) is 0.577. The van der Waals surface area contributed by atoms with E-state index < -0.39 is 5.44 Å². The molecule has 0 aliphatic carbocycles. The van der Waals surface area contributed by atoms with Crippen LogP contribution in [0.2, 0.25) is 5.02 Å². The Morgan fingerprint density at radius 2 is 2.23 bits per heavy atom. The zero-order valence-corrected chi connectivity index (χ0v) is 14.4. The largest absolute Gasteiger partial charge is 0.451 e. The Kier molecular flexibility index (Phi) is 5.72. The monoisotopic (exact) mass is 342 g/mol. The van der Waals surface area contributed by atoms with Gasteiger partial charge < -0.3 is 14.5 Å². The summed E-state index contributed by atoms with van der Waals surface area (Å²) in [4.78, 5) is 28.4. The van der Waals surface area contributed by atoms with Crippen LogP contribution < -0.4 is 4.90 Å². The van der Waals surface area contributed by atoms with Gasteiger partial charge in [0.1, 0.15) is 0 Å². The predicted octanol–water partition coefficient (Wildman–Crippen LogP) is 2.62. The van der Waals surface area contributed by atoms with Crippen molar-refractivity contribution in [3.05, 3.63) is 23.2 Å². The van der Waals surface area contributed by atoms with Crippen LogP contribution in [0.25, 0.3) is 0 Å². The highest BCUT2D eigenvalue weighted by Crippen LogP contribution is 2.39. The molecule has 1 unspecified atom stereocenters. The minimum Gasteiger partial charge on any atom is -0.451 e. The lowest BCUT2D eigenvalue weighted by atomic mass is 10.2. The summed E-state index contributed by atoms with van der Waals surface area (Å²) < 4.78 is 5.24. The molecule has 0 bridgehead atoms. The molecule has 5 nitrogen and oxygen atoms in total. The van der Waals surface area contributed by atoms with Crippen molar-refractivity contribution in [2.75, 3.05) is 32.1 Å². The van der Waals surface area contributed by atoms with Gasteiger partial charge in [-0.3, -0.25) is 9.59 Å². The van der Waals surface area contributed by atoms with Gasteiger partial charge >= 0.3 is 5.97 Å². The fourth-order valence-corrected chi connectivity index (χ4v) is 3.46. The van der Waals surface area contributed by atoms with Gasteiger partial charge in [-0.25, -0.2) is 0 Å². The molecule has 0 N–H and O–H groups in total. The normalized spacial score (nSPS) is 18.1. The second kappa shape index (κ2) is 7.35. The first-order valence-corrected chi connectivity index (χ1v) is 8.21. The van der Waals surface area contributed by atoms with E-state index in [1.54, 1.807) is 17.0 Å². The number of esters is 1. The number of likely N-dealkylation sites (N-methyl/N-ethyl adjacent to an activating group) is 1. The molecule has 120 valence electrons. The number of hydrogen-bond donors (Lipinski definition) is 0. The van der Waals surface area contributed by atoms with Crippen LogP contribution in [-0.4, -0.2) is 49.4 Å². The molecule has 0 aromatic heterocycles. The average molecular weight is 343 g/mol. The average Bonchev–Trinajstić information content (AvgIpc) is 2.51. The Hall–Kier alpha value is -1.24. The van der Waals surface area contributed by atoms with Crippen molar-refractivity contribution in [3.63, 3.8) is 0 Å². The Labute approximate surface area is 139 Å². The summed E-state index contributed by atoms with van der Waals surface area (Å²) in [6.45, 7) is 2.65. The van der Waals surface area contributed by atoms with Gasteiger partial charge in [-0.15, -0.1) is 0 Å². The molecule has 1 heterocycles. The van der Waals surface area contributed by atoms with Gasteiger partial charge in [0.05, 0.1) is 12.1 Å². The molecule has 0 saturated heterocycles. The molecule has 2 rings (SSSR count). The summed E-state index contributed by atoms with van der Waals surface area (Å²) in [6.07, 6.45) is 0.157. The minimum atomic E-state index is -0.505. The van der Waals surface area contributed by atoms with Gasteiger partial charge in [-0.2, -0.15) is 0 Å². The van der Waals surface area contributed by atoms with Crippen LogP contribution in [0.4, 0.5) is 5.69 Å². The number of benzene rings is 1. The third-order valence-electron chi connectivity index (χ3n) is 3.18. The molecule has 1 aromatic rings. The van der Waals surface area contributed by atoms with Crippen LogP contribution in [0.15, 0.2) is 23.1 Å². The van der Waals surface area contributed by atoms with Gasteiger partial charge in [-0.1, -0.05) is 23.4 Å². The van der Waals surface area contributed by atoms with Crippen LogP contribution in [0.5, 0.6) is 0 Å². The number of nitrogens with zero attached hydrogens (tertiary/aromatic N) is 2.